The maximum absolute atomic E-state index is 12.6. The minimum absolute atomic E-state index is 0.465. The van der Waals surface area contributed by atoms with Gasteiger partial charge in [0.25, 0.3) is 0 Å². The highest BCUT2D eigenvalue weighted by molar-refractivity contribution is 5.04. The van der Waals surface area contributed by atoms with Crippen molar-refractivity contribution in [3.05, 3.63) is 24.2 Å². The normalized spacial score (nSPS) is 14.4. The lowest BCUT2D eigenvalue weighted by molar-refractivity contribution is -0.126. The molecule has 1 rings (SSSR count). The van der Waals surface area contributed by atoms with Crippen LogP contribution in [0.5, 0.6) is 0 Å². The average molecular weight is 239 g/mol. The first-order valence-corrected chi connectivity index (χ1v) is 4.90. The summed E-state index contributed by atoms with van der Waals surface area (Å²) < 4.78 is 54.1. The van der Waals surface area contributed by atoms with E-state index in [4.69, 9.17) is 4.42 Å². The first-order valence-electron chi connectivity index (χ1n) is 4.90. The molecule has 0 aliphatic rings. The molecular weight excluding hydrogens is 226 g/mol. The molecule has 1 N–H and O–H groups in total. The number of alkyl halides is 4. The van der Waals surface area contributed by atoms with E-state index in [1.54, 1.807) is 19.1 Å². The topological polar surface area (TPSA) is 25.2 Å². The van der Waals surface area contributed by atoms with Crippen LogP contribution in [-0.2, 0) is 0 Å². The third-order valence-electron chi connectivity index (χ3n) is 2.20. The van der Waals surface area contributed by atoms with Gasteiger partial charge in [-0.25, -0.2) is 8.78 Å². The van der Waals surface area contributed by atoms with E-state index in [1.807, 2.05) is 0 Å². The van der Waals surface area contributed by atoms with Crippen molar-refractivity contribution in [1.82, 2.24) is 5.32 Å². The third-order valence-corrected chi connectivity index (χ3v) is 2.20. The Morgan fingerprint density at radius 1 is 1.44 bits per heavy atom. The molecule has 1 aromatic heterocycles. The number of nitrogens with one attached hydrogen (secondary N) is 1. The number of hydrogen-bond acceptors (Lipinski definition) is 2. The van der Waals surface area contributed by atoms with Crippen LogP contribution < -0.4 is 5.32 Å². The largest absolute Gasteiger partial charge is 0.468 e. The van der Waals surface area contributed by atoms with Crippen LogP contribution in [0.15, 0.2) is 22.8 Å². The molecule has 0 amide bonds. The van der Waals surface area contributed by atoms with E-state index in [0.29, 0.717) is 12.2 Å². The standard InChI is InChI=1S/C10H13F4NO/c1-2-7(8-4-3-5-16-8)15-6-10(13,14)9(11)12/h3-5,7,9,15H,2,6H2,1H3. The zero-order chi connectivity index (χ0) is 12.2. The Labute approximate surface area is 90.6 Å². The summed E-state index contributed by atoms with van der Waals surface area (Å²) in [6.45, 7) is 0.685. The summed E-state index contributed by atoms with van der Waals surface area (Å²) in [5.74, 6) is -3.55. The fourth-order valence-electron chi connectivity index (χ4n) is 1.27. The fourth-order valence-corrected chi connectivity index (χ4v) is 1.27. The Kier molecular flexibility index (Phi) is 4.35. The molecule has 0 aromatic carbocycles. The first-order chi connectivity index (χ1) is 7.47. The summed E-state index contributed by atoms with van der Waals surface area (Å²) in [7, 11) is 0. The molecule has 6 heteroatoms. The zero-order valence-corrected chi connectivity index (χ0v) is 8.72. The van der Waals surface area contributed by atoms with Crippen molar-refractivity contribution in [2.24, 2.45) is 0 Å². The molecule has 92 valence electrons. The summed E-state index contributed by atoms with van der Waals surface area (Å²) in [5.41, 5.74) is 0. The third kappa shape index (κ3) is 3.23. The Morgan fingerprint density at radius 3 is 2.56 bits per heavy atom. The molecular formula is C10H13F4NO. The average Bonchev–Trinajstić information content (AvgIpc) is 2.71. The van der Waals surface area contributed by atoms with Gasteiger partial charge in [-0.15, -0.1) is 0 Å². The molecule has 1 heterocycles. The Morgan fingerprint density at radius 2 is 2.12 bits per heavy atom. The number of hydrogen-bond donors (Lipinski definition) is 1. The van der Waals surface area contributed by atoms with Crippen molar-refractivity contribution in [3.8, 4) is 0 Å². The number of rotatable bonds is 6. The van der Waals surface area contributed by atoms with Gasteiger partial charge < -0.3 is 9.73 Å². The summed E-state index contributed by atoms with van der Waals surface area (Å²) in [4.78, 5) is 0. The van der Waals surface area contributed by atoms with E-state index in [-0.39, 0.29) is 0 Å². The lowest BCUT2D eigenvalue weighted by Gasteiger charge is -2.20. The SMILES string of the molecule is CCC(NCC(F)(F)C(F)F)c1ccco1. The first kappa shape index (κ1) is 13.0. The van der Waals surface area contributed by atoms with Crippen LogP contribution in [0, 0.1) is 0 Å². The van der Waals surface area contributed by atoms with Gasteiger partial charge in [0, 0.05) is 0 Å². The summed E-state index contributed by atoms with van der Waals surface area (Å²) in [5, 5.41) is 2.37. The Hall–Kier alpha value is -1.04. The second-order valence-electron chi connectivity index (χ2n) is 3.42. The number of furan rings is 1. The quantitative estimate of drug-likeness (QED) is 0.771. The highest BCUT2D eigenvalue weighted by Crippen LogP contribution is 2.24. The predicted molar refractivity (Wildman–Crippen MR) is 50.7 cm³/mol. The highest BCUT2D eigenvalue weighted by Gasteiger charge is 2.40. The van der Waals surface area contributed by atoms with E-state index in [9.17, 15) is 17.6 Å². The Bertz CT molecular complexity index is 300. The molecule has 0 saturated heterocycles. The fraction of sp³-hybridized carbons (Fsp3) is 0.600. The van der Waals surface area contributed by atoms with Crippen molar-refractivity contribution in [2.75, 3.05) is 6.54 Å². The second kappa shape index (κ2) is 5.34. The molecule has 1 atom stereocenters. The smallest absolute Gasteiger partial charge is 0.319 e. The summed E-state index contributed by atoms with van der Waals surface area (Å²) in [6.07, 6.45) is -1.77. The number of halogens is 4. The molecule has 0 aliphatic carbocycles. The molecule has 0 bridgehead atoms. The minimum atomic E-state index is -4.01. The van der Waals surface area contributed by atoms with Gasteiger partial charge in [0.2, 0.25) is 0 Å². The van der Waals surface area contributed by atoms with E-state index in [1.165, 1.54) is 6.26 Å². The van der Waals surface area contributed by atoms with Gasteiger partial charge in [0.05, 0.1) is 18.8 Å². The van der Waals surface area contributed by atoms with Crippen LogP contribution in [0.25, 0.3) is 0 Å². The van der Waals surface area contributed by atoms with Gasteiger partial charge in [-0.2, -0.15) is 8.78 Å². The molecule has 0 fully saturated rings. The lowest BCUT2D eigenvalue weighted by atomic mass is 10.1. The second-order valence-corrected chi connectivity index (χ2v) is 3.42. The molecule has 1 aromatic rings. The van der Waals surface area contributed by atoms with Crippen molar-refractivity contribution >= 4 is 0 Å². The van der Waals surface area contributed by atoms with Gasteiger partial charge in [-0.3, -0.25) is 0 Å². The van der Waals surface area contributed by atoms with Gasteiger partial charge in [-0.05, 0) is 18.6 Å². The van der Waals surface area contributed by atoms with Crippen LogP contribution in [0.2, 0.25) is 0 Å². The van der Waals surface area contributed by atoms with E-state index < -0.39 is 24.9 Å². The van der Waals surface area contributed by atoms with Crippen LogP contribution in [0.3, 0.4) is 0 Å². The van der Waals surface area contributed by atoms with Crippen molar-refractivity contribution in [1.29, 1.82) is 0 Å². The molecule has 0 aliphatic heterocycles. The Balaban J connectivity index is 2.53. The molecule has 0 spiro atoms. The lowest BCUT2D eigenvalue weighted by Crippen LogP contribution is -2.40. The van der Waals surface area contributed by atoms with Crippen LogP contribution in [0.1, 0.15) is 25.1 Å². The van der Waals surface area contributed by atoms with Crippen molar-refractivity contribution in [3.63, 3.8) is 0 Å². The van der Waals surface area contributed by atoms with Crippen LogP contribution in [0.4, 0.5) is 17.6 Å². The molecule has 1 unspecified atom stereocenters. The zero-order valence-electron chi connectivity index (χ0n) is 8.72. The van der Waals surface area contributed by atoms with E-state index >= 15 is 0 Å². The van der Waals surface area contributed by atoms with Gasteiger partial charge in [0.15, 0.2) is 0 Å². The molecule has 0 radical (unpaired) electrons. The predicted octanol–water partition coefficient (Wildman–Crippen LogP) is 3.22. The van der Waals surface area contributed by atoms with Crippen molar-refractivity contribution < 1.29 is 22.0 Å². The summed E-state index contributed by atoms with van der Waals surface area (Å²) in [6, 6.07) is 2.76. The van der Waals surface area contributed by atoms with Gasteiger partial charge in [0.1, 0.15) is 5.76 Å². The van der Waals surface area contributed by atoms with E-state index in [0.717, 1.165) is 0 Å². The van der Waals surface area contributed by atoms with Crippen LogP contribution in [-0.4, -0.2) is 18.9 Å². The molecule has 16 heavy (non-hydrogen) atoms. The maximum atomic E-state index is 12.6. The monoisotopic (exact) mass is 239 g/mol. The highest BCUT2D eigenvalue weighted by atomic mass is 19.3. The van der Waals surface area contributed by atoms with E-state index in [2.05, 4.69) is 5.32 Å². The van der Waals surface area contributed by atoms with Gasteiger partial charge >= 0.3 is 12.3 Å². The molecule has 0 saturated carbocycles. The van der Waals surface area contributed by atoms with Gasteiger partial charge in [-0.1, -0.05) is 6.92 Å². The summed E-state index contributed by atoms with van der Waals surface area (Å²) >= 11 is 0. The van der Waals surface area contributed by atoms with Crippen molar-refractivity contribution in [2.45, 2.75) is 31.7 Å². The van der Waals surface area contributed by atoms with Crippen LogP contribution >= 0.6 is 0 Å². The minimum Gasteiger partial charge on any atom is -0.468 e. The maximum Gasteiger partial charge on any atom is 0.319 e. The molecule has 2 nitrogen and oxygen atoms in total.